The zero-order chi connectivity index (χ0) is 34.2. The number of fused-ring (bicyclic) bond motifs is 11. The van der Waals surface area contributed by atoms with Crippen LogP contribution < -0.4 is 0 Å². The number of hydrogen-bond acceptors (Lipinski definition) is 2. The minimum atomic E-state index is 0.949. The molecule has 0 spiro atoms. The van der Waals surface area contributed by atoms with Gasteiger partial charge in [-0.2, -0.15) is 0 Å². The van der Waals surface area contributed by atoms with Crippen LogP contribution in [-0.2, 0) is 0 Å². The smallest absolute Gasteiger partial charge is 0.0730 e. The molecular weight excluding hydrogens is 649 g/mol. The van der Waals surface area contributed by atoms with E-state index in [1.54, 1.807) is 0 Å². The van der Waals surface area contributed by atoms with Crippen LogP contribution in [0, 0.1) is 0 Å². The fourth-order valence-corrected chi connectivity index (χ4v) is 9.52. The van der Waals surface area contributed by atoms with Crippen LogP contribution >= 0.6 is 11.3 Å². The van der Waals surface area contributed by atoms with Crippen molar-refractivity contribution in [1.29, 1.82) is 0 Å². The number of aromatic nitrogens is 2. The summed E-state index contributed by atoms with van der Waals surface area (Å²) in [5.74, 6) is 0. The Morgan fingerprint density at radius 1 is 0.423 bits per heavy atom. The van der Waals surface area contributed by atoms with Crippen LogP contribution in [0.1, 0.15) is 0 Å². The lowest BCUT2D eigenvalue weighted by atomic mass is 9.96. The van der Waals surface area contributed by atoms with E-state index in [0.717, 1.165) is 28.2 Å². The summed E-state index contributed by atoms with van der Waals surface area (Å²) in [6, 6.07) is 65.9. The minimum absolute atomic E-state index is 0.949. The van der Waals surface area contributed by atoms with Gasteiger partial charge in [0.15, 0.2) is 0 Å². The van der Waals surface area contributed by atoms with Crippen molar-refractivity contribution < 1.29 is 0 Å². The molecule has 0 aliphatic carbocycles. The number of hydrogen-bond donors (Lipinski definition) is 0. The first kappa shape index (κ1) is 29.2. The van der Waals surface area contributed by atoms with Crippen LogP contribution in [0.3, 0.4) is 0 Å². The molecule has 0 amide bonds. The van der Waals surface area contributed by atoms with Crippen LogP contribution in [0.4, 0.5) is 0 Å². The molecule has 11 aromatic rings. The van der Waals surface area contributed by atoms with Gasteiger partial charge in [0.1, 0.15) is 0 Å². The van der Waals surface area contributed by atoms with Crippen molar-refractivity contribution in [2.45, 2.75) is 0 Å². The first-order valence-electron chi connectivity index (χ1n) is 17.7. The Bertz CT molecular complexity index is 3110. The van der Waals surface area contributed by atoms with E-state index in [0.29, 0.717) is 0 Å². The molecule has 0 aliphatic rings. The Hall–Kier alpha value is -6.55. The van der Waals surface area contributed by atoms with E-state index in [1.165, 1.54) is 74.6 Å². The van der Waals surface area contributed by atoms with Crippen molar-refractivity contribution in [2.24, 2.45) is 0 Å². The summed E-state index contributed by atoms with van der Waals surface area (Å²) in [7, 11) is 0. The summed E-state index contributed by atoms with van der Waals surface area (Å²) in [6.07, 6.45) is 0. The molecular formula is C49H30N2S. The van der Waals surface area contributed by atoms with Crippen molar-refractivity contribution in [1.82, 2.24) is 9.55 Å². The second-order valence-corrected chi connectivity index (χ2v) is 14.5. The molecule has 0 fully saturated rings. The van der Waals surface area contributed by atoms with Gasteiger partial charge in [-0.15, -0.1) is 11.3 Å². The molecule has 52 heavy (non-hydrogen) atoms. The lowest BCUT2D eigenvalue weighted by Gasteiger charge is -2.15. The third kappa shape index (κ3) is 4.40. The fourth-order valence-electron chi connectivity index (χ4n) is 8.24. The van der Waals surface area contributed by atoms with E-state index in [1.807, 2.05) is 11.3 Å². The average Bonchev–Trinajstić information content (AvgIpc) is 3.78. The van der Waals surface area contributed by atoms with Gasteiger partial charge in [0.2, 0.25) is 0 Å². The summed E-state index contributed by atoms with van der Waals surface area (Å²) >= 11 is 1.91. The second-order valence-electron chi connectivity index (χ2n) is 13.5. The summed E-state index contributed by atoms with van der Waals surface area (Å²) in [6.45, 7) is 0. The Morgan fingerprint density at radius 2 is 1.04 bits per heavy atom. The maximum absolute atomic E-state index is 5.27. The molecule has 0 saturated heterocycles. The molecule has 8 aromatic carbocycles. The van der Waals surface area contributed by atoms with Crippen LogP contribution in [0.5, 0.6) is 0 Å². The molecule has 0 unspecified atom stereocenters. The first-order chi connectivity index (χ1) is 25.8. The third-order valence-corrected chi connectivity index (χ3v) is 11.7. The van der Waals surface area contributed by atoms with E-state index in [9.17, 15) is 0 Å². The van der Waals surface area contributed by atoms with E-state index >= 15 is 0 Å². The Kier molecular flexibility index (Phi) is 6.46. The van der Waals surface area contributed by atoms with Crippen LogP contribution in [0.15, 0.2) is 182 Å². The van der Waals surface area contributed by atoms with E-state index in [4.69, 9.17) is 4.98 Å². The van der Waals surface area contributed by atoms with Gasteiger partial charge in [-0.25, -0.2) is 4.98 Å². The highest BCUT2D eigenvalue weighted by Gasteiger charge is 2.23. The van der Waals surface area contributed by atoms with Gasteiger partial charge in [-0.1, -0.05) is 158 Å². The van der Waals surface area contributed by atoms with E-state index in [2.05, 4.69) is 187 Å². The number of rotatable bonds is 4. The summed E-state index contributed by atoms with van der Waals surface area (Å²) in [5.41, 5.74) is 10.0. The Morgan fingerprint density at radius 3 is 1.79 bits per heavy atom. The van der Waals surface area contributed by atoms with Gasteiger partial charge in [0.05, 0.1) is 28.1 Å². The predicted molar refractivity (Wildman–Crippen MR) is 223 cm³/mol. The van der Waals surface area contributed by atoms with Gasteiger partial charge < -0.3 is 4.57 Å². The second kappa shape index (κ2) is 11.5. The Labute approximate surface area is 304 Å². The standard InChI is InChI=1S/C49H30N2S/c1-3-15-32(16-4-1)42-29-35(30-43(50-42)33-17-5-2-6-18-33)51-44-28-34(37-24-13-19-31-14-7-8-20-36(31)37)26-27-40(44)47-48(51)39-22-10-9-21-38(39)46-41-23-11-12-25-45(41)52-49(46)47/h1-30H. The number of pyridine rings is 1. The number of thiophene rings is 1. The molecule has 242 valence electrons. The lowest BCUT2D eigenvalue weighted by Crippen LogP contribution is -1.99. The summed E-state index contributed by atoms with van der Waals surface area (Å²) in [4.78, 5) is 5.27. The maximum Gasteiger partial charge on any atom is 0.0730 e. The van der Waals surface area contributed by atoms with Crippen molar-refractivity contribution in [3.05, 3.63) is 182 Å². The van der Waals surface area contributed by atoms with Gasteiger partial charge in [-0.3, -0.25) is 0 Å². The van der Waals surface area contributed by atoms with Crippen molar-refractivity contribution in [2.75, 3.05) is 0 Å². The Balaban J connectivity index is 1.34. The van der Waals surface area contributed by atoms with Crippen LogP contribution in [0.2, 0.25) is 0 Å². The van der Waals surface area contributed by atoms with Gasteiger partial charge in [-0.05, 0) is 51.6 Å². The predicted octanol–water partition coefficient (Wildman–Crippen LogP) is 13.9. The fraction of sp³-hybridized carbons (Fsp3) is 0. The van der Waals surface area contributed by atoms with Crippen molar-refractivity contribution in [3.8, 4) is 39.3 Å². The highest BCUT2D eigenvalue weighted by atomic mass is 32.1. The highest BCUT2D eigenvalue weighted by molar-refractivity contribution is 7.27. The summed E-state index contributed by atoms with van der Waals surface area (Å²) in [5, 5.41) is 10.2. The topological polar surface area (TPSA) is 17.8 Å². The lowest BCUT2D eigenvalue weighted by molar-refractivity contribution is 1.16. The molecule has 11 rings (SSSR count). The third-order valence-electron chi connectivity index (χ3n) is 10.6. The molecule has 0 aliphatic heterocycles. The van der Waals surface area contributed by atoms with E-state index < -0.39 is 0 Å². The van der Waals surface area contributed by atoms with Crippen molar-refractivity contribution >= 4 is 74.9 Å². The highest BCUT2D eigenvalue weighted by Crippen LogP contribution is 2.49. The van der Waals surface area contributed by atoms with E-state index in [-0.39, 0.29) is 0 Å². The van der Waals surface area contributed by atoms with Crippen LogP contribution in [0.25, 0.3) is 103 Å². The van der Waals surface area contributed by atoms with Gasteiger partial charge >= 0.3 is 0 Å². The van der Waals surface area contributed by atoms with Crippen LogP contribution in [-0.4, -0.2) is 9.55 Å². The SMILES string of the molecule is c1ccc(-c2cc(-n3c4cc(-c5cccc6ccccc56)ccc4c4c5sc6ccccc6c5c5ccccc5c43)cc(-c3ccccc3)n2)cc1. The maximum atomic E-state index is 5.27. The molecule has 3 aromatic heterocycles. The molecule has 2 nitrogen and oxygen atoms in total. The quantitative estimate of drug-likeness (QED) is 0.181. The molecule has 0 saturated carbocycles. The number of nitrogens with zero attached hydrogens (tertiary/aromatic N) is 2. The normalized spacial score (nSPS) is 11.8. The molecule has 0 bridgehead atoms. The molecule has 0 N–H and O–H groups in total. The van der Waals surface area contributed by atoms with Crippen molar-refractivity contribution in [3.63, 3.8) is 0 Å². The van der Waals surface area contributed by atoms with Gasteiger partial charge in [0.25, 0.3) is 0 Å². The zero-order valence-electron chi connectivity index (χ0n) is 28.1. The summed E-state index contributed by atoms with van der Waals surface area (Å²) < 4.78 is 5.16. The average molecular weight is 679 g/mol. The zero-order valence-corrected chi connectivity index (χ0v) is 28.9. The largest absolute Gasteiger partial charge is 0.308 e. The molecule has 0 atom stereocenters. The molecule has 0 radical (unpaired) electrons. The number of benzene rings is 8. The molecule has 3 heteroatoms. The van der Waals surface area contributed by atoms with Gasteiger partial charge in [0, 0.05) is 47.5 Å². The monoisotopic (exact) mass is 678 g/mol. The molecule has 3 heterocycles. The first-order valence-corrected chi connectivity index (χ1v) is 18.5. The minimum Gasteiger partial charge on any atom is -0.308 e.